The van der Waals surface area contributed by atoms with Crippen LogP contribution in [0.5, 0.6) is 0 Å². The molecule has 0 amide bonds. The van der Waals surface area contributed by atoms with Crippen molar-refractivity contribution in [3.05, 3.63) is 4.91 Å². The van der Waals surface area contributed by atoms with E-state index in [1.165, 1.54) is 0 Å². The van der Waals surface area contributed by atoms with Gasteiger partial charge in [-0.15, -0.1) is 0 Å². The van der Waals surface area contributed by atoms with Gasteiger partial charge in [0.1, 0.15) is 0 Å². The maximum absolute atomic E-state index is 9.90. The second-order valence-electron chi connectivity index (χ2n) is 2.45. The zero-order valence-electron chi connectivity index (χ0n) is 6.76. The molecule has 0 radical (unpaired) electrons. The molecule has 1 atom stereocenters. The van der Waals surface area contributed by atoms with Crippen molar-refractivity contribution in [1.29, 1.82) is 0 Å². The maximum Gasteiger partial charge on any atom is 0.0892 e. The Morgan fingerprint density at radius 2 is 2.30 bits per heavy atom. The molecule has 0 aromatic carbocycles. The summed E-state index contributed by atoms with van der Waals surface area (Å²) in [5, 5.41) is 6.09. The van der Waals surface area contributed by atoms with Crippen LogP contribution in [0.2, 0.25) is 0 Å². The van der Waals surface area contributed by atoms with Crippen LogP contribution in [0.15, 0.2) is 5.18 Å². The van der Waals surface area contributed by atoms with Crippen LogP contribution in [-0.4, -0.2) is 19.1 Å². The minimum atomic E-state index is -0.0151. The highest BCUT2D eigenvalue weighted by Gasteiger charge is 1.97. The molecule has 0 aliphatic carbocycles. The molecule has 0 rings (SSSR count). The van der Waals surface area contributed by atoms with Gasteiger partial charge in [0, 0.05) is 0 Å². The second-order valence-corrected chi connectivity index (χ2v) is 2.45. The first kappa shape index (κ1) is 9.56. The van der Waals surface area contributed by atoms with Gasteiger partial charge >= 0.3 is 0 Å². The van der Waals surface area contributed by atoms with Crippen molar-refractivity contribution in [1.82, 2.24) is 5.32 Å². The lowest BCUT2D eigenvalue weighted by Crippen LogP contribution is -2.15. The first-order chi connectivity index (χ1) is 4.81. The Morgan fingerprint density at radius 1 is 1.60 bits per heavy atom. The molecule has 0 fully saturated rings. The van der Waals surface area contributed by atoms with Crippen LogP contribution in [0.4, 0.5) is 0 Å². The molecule has 0 aliphatic heterocycles. The molecule has 0 saturated heterocycles. The molecule has 0 spiro atoms. The Labute approximate surface area is 62.2 Å². The van der Waals surface area contributed by atoms with Crippen LogP contribution in [0, 0.1) is 4.91 Å². The number of hydrogen-bond acceptors (Lipinski definition) is 3. The third-order valence-corrected chi connectivity index (χ3v) is 1.41. The van der Waals surface area contributed by atoms with Gasteiger partial charge in [0.15, 0.2) is 0 Å². The van der Waals surface area contributed by atoms with E-state index in [9.17, 15) is 4.91 Å². The van der Waals surface area contributed by atoms with Gasteiger partial charge in [-0.1, -0.05) is 12.1 Å². The summed E-state index contributed by atoms with van der Waals surface area (Å²) in [7, 11) is 0. The van der Waals surface area contributed by atoms with Crippen molar-refractivity contribution < 1.29 is 0 Å². The molecule has 1 N–H and O–H groups in total. The van der Waals surface area contributed by atoms with Gasteiger partial charge in [0.2, 0.25) is 0 Å². The van der Waals surface area contributed by atoms with Crippen molar-refractivity contribution in [3.8, 4) is 0 Å². The van der Waals surface area contributed by atoms with Crippen molar-refractivity contribution in [2.45, 2.75) is 32.7 Å². The maximum atomic E-state index is 9.90. The first-order valence-corrected chi connectivity index (χ1v) is 3.84. The zero-order valence-corrected chi connectivity index (χ0v) is 6.76. The highest BCUT2D eigenvalue weighted by Crippen LogP contribution is 1.98. The fourth-order valence-corrected chi connectivity index (χ4v) is 0.752. The lowest BCUT2D eigenvalue weighted by atomic mass is 10.2. The van der Waals surface area contributed by atoms with E-state index in [2.05, 4.69) is 17.4 Å². The lowest BCUT2D eigenvalue weighted by molar-refractivity contribution is 0.583. The van der Waals surface area contributed by atoms with Gasteiger partial charge in [0.05, 0.1) is 6.04 Å². The molecule has 0 aliphatic rings. The number of nitrogens with zero attached hydrogens (tertiary/aromatic N) is 1. The number of nitroso groups, excluding NO2 is 1. The quantitative estimate of drug-likeness (QED) is 0.453. The standard InChI is InChI=1S/C7H16N2O/c1-3-8-6-4-5-7(2)9-10/h7-8H,3-6H2,1-2H3. The molecule has 10 heavy (non-hydrogen) atoms. The Morgan fingerprint density at radius 3 is 2.80 bits per heavy atom. The minimum Gasteiger partial charge on any atom is -0.317 e. The van der Waals surface area contributed by atoms with E-state index in [-0.39, 0.29) is 6.04 Å². The normalized spacial score (nSPS) is 13.0. The van der Waals surface area contributed by atoms with Crippen molar-refractivity contribution in [3.63, 3.8) is 0 Å². The summed E-state index contributed by atoms with van der Waals surface area (Å²) >= 11 is 0. The van der Waals surface area contributed by atoms with E-state index in [1.807, 2.05) is 6.92 Å². The molecule has 3 heteroatoms. The molecular weight excluding hydrogens is 128 g/mol. The van der Waals surface area contributed by atoms with Crippen LogP contribution in [0.3, 0.4) is 0 Å². The van der Waals surface area contributed by atoms with Gasteiger partial charge in [-0.3, -0.25) is 0 Å². The predicted molar refractivity (Wildman–Crippen MR) is 43.0 cm³/mol. The number of rotatable bonds is 6. The summed E-state index contributed by atoms with van der Waals surface area (Å²) in [6.07, 6.45) is 1.94. The lowest BCUT2D eigenvalue weighted by Gasteiger charge is -2.01. The summed E-state index contributed by atoms with van der Waals surface area (Å²) in [5.41, 5.74) is 0. The van der Waals surface area contributed by atoms with Crippen LogP contribution in [0.25, 0.3) is 0 Å². The summed E-state index contributed by atoms with van der Waals surface area (Å²) < 4.78 is 0. The Bertz CT molecular complexity index is 85.7. The number of nitrogens with one attached hydrogen (secondary N) is 1. The highest BCUT2D eigenvalue weighted by molar-refractivity contribution is 4.58. The summed E-state index contributed by atoms with van der Waals surface area (Å²) in [4.78, 5) is 9.90. The highest BCUT2D eigenvalue weighted by atomic mass is 16.3. The van der Waals surface area contributed by atoms with E-state index in [1.54, 1.807) is 0 Å². The fraction of sp³-hybridized carbons (Fsp3) is 1.00. The smallest absolute Gasteiger partial charge is 0.0892 e. The van der Waals surface area contributed by atoms with Gasteiger partial charge in [-0.25, -0.2) is 0 Å². The second kappa shape index (κ2) is 6.68. The molecule has 0 aromatic heterocycles. The Kier molecular flexibility index (Phi) is 6.38. The minimum absolute atomic E-state index is 0.0151. The summed E-state index contributed by atoms with van der Waals surface area (Å²) in [6.45, 7) is 5.92. The summed E-state index contributed by atoms with van der Waals surface area (Å²) in [5.74, 6) is 0. The Hall–Kier alpha value is -0.440. The predicted octanol–water partition coefficient (Wildman–Crippen LogP) is 1.53. The molecule has 1 unspecified atom stereocenters. The monoisotopic (exact) mass is 144 g/mol. The first-order valence-electron chi connectivity index (χ1n) is 3.84. The fourth-order valence-electron chi connectivity index (χ4n) is 0.752. The van der Waals surface area contributed by atoms with E-state index in [0.29, 0.717) is 0 Å². The van der Waals surface area contributed by atoms with E-state index in [4.69, 9.17) is 0 Å². The third kappa shape index (κ3) is 5.69. The Balaban J connectivity index is 2.95. The van der Waals surface area contributed by atoms with Gasteiger partial charge in [0.25, 0.3) is 0 Å². The zero-order chi connectivity index (χ0) is 7.82. The largest absolute Gasteiger partial charge is 0.317 e. The van der Waals surface area contributed by atoms with Crippen LogP contribution in [0.1, 0.15) is 26.7 Å². The summed E-state index contributed by atoms with van der Waals surface area (Å²) in [6, 6.07) is -0.0151. The average Bonchev–Trinajstić information content (AvgIpc) is 1.98. The van der Waals surface area contributed by atoms with Crippen molar-refractivity contribution >= 4 is 0 Å². The van der Waals surface area contributed by atoms with Gasteiger partial charge in [-0.2, -0.15) is 4.91 Å². The van der Waals surface area contributed by atoms with Crippen molar-refractivity contribution in [2.75, 3.05) is 13.1 Å². The van der Waals surface area contributed by atoms with Crippen LogP contribution < -0.4 is 5.32 Å². The molecule has 3 nitrogen and oxygen atoms in total. The average molecular weight is 144 g/mol. The molecular formula is C7H16N2O. The van der Waals surface area contributed by atoms with E-state index in [0.717, 1.165) is 25.9 Å². The SMILES string of the molecule is CCNCCCC(C)N=O. The van der Waals surface area contributed by atoms with E-state index < -0.39 is 0 Å². The molecule has 0 aromatic rings. The molecule has 60 valence electrons. The van der Waals surface area contributed by atoms with Crippen LogP contribution >= 0.6 is 0 Å². The van der Waals surface area contributed by atoms with Crippen LogP contribution in [-0.2, 0) is 0 Å². The molecule has 0 bridgehead atoms. The molecule has 0 saturated carbocycles. The van der Waals surface area contributed by atoms with Crippen molar-refractivity contribution in [2.24, 2.45) is 5.18 Å². The van der Waals surface area contributed by atoms with Gasteiger partial charge in [-0.05, 0) is 32.9 Å². The third-order valence-electron chi connectivity index (χ3n) is 1.41. The topological polar surface area (TPSA) is 41.5 Å². The molecule has 0 heterocycles. The number of hydrogen-bond donors (Lipinski definition) is 1. The van der Waals surface area contributed by atoms with E-state index >= 15 is 0 Å². The van der Waals surface area contributed by atoms with Gasteiger partial charge < -0.3 is 5.32 Å².